The van der Waals surface area contributed by atoms with Crippen molar-refractivity contribution in [3.05, 3.63) is 35.4 Å². The van der Waals surface area contributed by atoms with Crippen molar-refractivity contribution in [3.8, 4) is 0 Å². The van der Waals surface area contributed by atoms with Gasteiger partial charge >= 0.3 is 0 Å². The van der Waals surface area contributed by atoms with Crippen LogP contribution in [-0.4, -0.2) is 15.8 Å². The van der Waals surface area contributed by atoms with Gasteiger partial charge in [0.15, 0.2) is 11.0 Å². The monoisotopic (exact) mass is 294 g/mol. The van der Waals surface area contributed by atoms with Gasteiger partial charge in [-0.05, 0) is 37.8 Å². The molecule has 0 radical (unpaired) electrons. The lowest BCUT2D eigenvalue weighted by Crippen LogP contribution is -2.43. The summed E-state index contributed by atoms with van der Waals surface area (Å²) in [7, 11) is -1.40. The first-order valence-corrected chi connectivity index (χ1v) is 8.13. The lowest BCUT2D eigenvalue weighted by molar-refractivity contribution is 0.0848. The zero-order valence-corrected chi connectivity index (χ0v) is 13.1. The Hall–Kier alpha value is -1.36. The third kappa shape index (κ3) is 3.20. The van der Waals surface area contributed by atoms with Crippen LogP contribution in [0.2, 0.25) is 0 Å². The van der Waals surface area contributed by atoms with Crippen molar-refractivity contribution in [1.82, 2.24) is 0 Å². The fourth-order valence-corrected chi connectivity index (χ4v) is 3.73. The van der Waals surface area contributed by atoms with E-state index in [-0.39, 0.29) is 11.3 Å². The number of hydrogen-bond donors (Lipinski definition) is 1. The summed E-state index contributed by atoms with van der Waals surface area (Å²) in [4.78, 5) is 0. The highest BCUT2D eigenvalue weighted by Crippen LogP contribution is 2.37. The van der Waals surface area contributed by atoms with Crippen LogP contribution in [0.3, 0.4) is 0 Å². The average Bonchev–Trinajstić information content (AvgIpc) is 2.35. The highest BCUT2D eigenvalue weighted by molar-refractivity contribution is 7.84. The summed E-state index contributed by atoms with van der Waals surface area (Å²) in [5, 5.41) is -0.296. The molecule has 5 heteroatoms. The number of rotatable bonds is 4. The van der Waals surface area contributed by atoms with Crippen LogP contribution in [0.25, 0.3) is 0 Å². The third-order valence-corrected chi connectivity index (χ3v) is 5.09. The second-order valence-electron chi connectivity index (χ2n) is 5.64. The molecule has 1 aromatic rings. The molecule has 0 fully saturated rings. The summed E-state index contributed by atoms with van der Waals surface area (Å²) >= 11 is 0. The molecule has 0 aromatic heterocycles. The van der Waals surface area contributed by atoms with Crippen molar-refractivity contribution in [2.45, 2.75) is 50.9 Å². The molecule has 1 aromatic carbocycles. The Morgan fingerprint density at radius 3 is 2.55 bits per heavy atom. The van der Waals surface area contributed by atoms with Gasteiger partial charge in [-0.15, -0.1) is 4.40 Å². The van der Waals surface area contributed by atoms with Gasteiger partial charge in [-0.25, -0.2) is 4.21 Å². The lowest BCUT2D eigenvalue weighted by atomic mass is 9.96. The van der Waals surface area contributed by atoms with Crippen molar-refractivity contribution in [3.63, 3.8) is 0 Å². The first kappa shape index (κ1) is 15.0. The Morgan fingerprint density at radius 2 is 2.00 bits per heavy atom. The zero-order chi connectivity index (χ0) is 14.8. The largest absolute Gasteiger partial charge is 0.457 e. The Balaban J connectivity index is 2.24. The highest BCUT2D eigenvalue weighted by Gasteiger charge is 2.41. The predicted octanol–water partition coefficient (Wildman–Crippen LogP) is 2.86. The first-order valence-electron chi connectivity index (χ1n) is 6.96. The van der Waals surface area contributed by atoms with E-state index in [0.717, 1.165) is 12.0 Å². The van der Waals surface area contributed by atoms with E-state index < -0.39 is 16.6 Å². The summed E-state index contributed by atoms with van der Waals surface area (Å²) in [6.07, 6.45) is 3.45. The molecule has 0 saturated heterocycles. The molecule has 2 N–H and O–H groups in total. The summed E-state index contributed by atoms with van der Waals surface area (Å²) in [5.74, 6) is 0. The van der Waals surface area contributed by atoms with Crippen molar-refractivity contribution in [2.75, 3.05) is 0 Å². The molecule has 1 heterocycles. The van der Waals surface area contributed by atoms with Crippen LogP contribution in [0.4, 0.5) is 0 Å². The van der Waals surface area contributed by atoms with E-state index >= 15 is 0 Å². The van der Waals surface area contributed by atoms with Crippen molar-refractivity contribution < 1.29 is 8.95 Å². The summed E-state index contributed by atoms with van der Waals surface area (Å²) in [6, 6.07) is 8.25. The highest BCUT2D eigenvalue weighted by atomic mass is 32.2. The Labute approximate surface area is 123 Å². The number of unbranched alkanes of at least 4 members (excludes halogenated alkanes) is 1. The van der Waals surface area contributed by atoms with E-state index in [4.69, 9.17) is 10.5 Å². The van der Waals surface area contributed by atoms with Crippen LogP contribution in [0, 0.1) is 0 Å². The third-order valence-electron chi connectivity index (χ3n) is 3.48. The van der Waals surface area contributed by atoms with E-state index in [1.807, 2.05) is 26.0 Å². The van der Waals surface area contributed by atoms with Gasteiger partial charge in [-0.2, -0.15) is 0 Å². The molecule has 0 saturated carbocycles. The average molecular weight is 294 g/mol. The van der Waals surface area contributed by atoms with Crippen LogP contribution >= 0.6 is 0 Å². The maximum atomic E-state index is 12.2. The molecule has 0 amide bonds. The summed E-state index contributed by atoms with van der Waals surface area (Å²) < 4.78 is 21.6. The van der Waals surface area contributed by atoms with Gasteiger partial charge in [0.25, 0.3) is 6.02 Å². The number of aryl methyl sites for hydroxylation is 1. The lowest BCUT2D eigenvalue weighted by Gasteiger charge is -2.35. The molecular weight excluding hydrogens is 272 g/mol. The molecule has 0 aliphatic carbocycles. The molecule has 1 aliphatic heterocycles. The molecule has 0 bridgehead atoms. The van der Waals surface area contributed by atoms with Gasteiger partial charge < -0.3 is 10.5 Å². The number of hydrogen-bond acceptors (Lipinski definition) is 3. The molecule has 0 spiro atoms. The van der Waals surface area contributed by atoms with Gasteiger partial charge in [-0.1, -0.05) is 37.6 Å². The zero-order valence-electron chi connectivity index (χ0n) is 12.3. The minimum atomic E-state index is -1.40. The topological polar surface area (TPSA) is 64.7 Å². The summed E-state index contributed by atoms with van der Waals surface area (Å²) in [5.41, 5.74) is 7.21. The van der Waals surface area contributed by atoms with Crippen LogP contribution in [0.15, 0.2) is 28.7 Å². The van der Waals surface area contributed by atoms with E-state index in [1.54, 1.807) is 0 Å². The van der Waals surface area contributed by atoms with Crippen molar-refractivity contribution in [2.24, 2.45) is 10.1 Å². The molecule has 2 atom stereocenters. The number of benzene rings is 1. The molecule has 20 heavy (non-hydrogen) atoms. The SMILES string of the molecule is CCCCc1ccc(C2S(=O)N=C(N)OC2(C)C)cc1. The minimum absolute atomic E-state index is 0.00384. The van der Waals surface area contributed by atoms with E-state index in [0.29, 0.717) is 0 Å². The normalized spacial score (nSPS) is 24.9. The summed E-state index contributed by atoms with van der Waals surface area (Å²) in [6.45, 7) is 5.96. The second kappa shape index (κ2) is 5.95. The molecule has 2 unspecified atom stereocenters. The Morgan fingerprint density at radius 1 is 1.35 bits per heavy atom. The van der Waals surface area contributed by atoms with Gasteiger partial charge in [0.1, 0.15) is 10.9 Å². The maximum Gasteiger partial charge on any atom is 0.296 e. The molecule has 1 aliphatic rings. The van der Waals surface area contributed by atoms with E-state index in [9.17, 15) is 4.21 Å². The predicted molar refractivity (Wildman–Crippen MR) is 82.7 cm³/mol. The fourth-order valence-electron chi connectivity index (χ4n) is 2.48. The smallest absolute Gasteiger partial charge is 0.296 e. The van der Waals surface area contributed by atoms with Crippen LogP contribution < -0.4 is 5.73 Å². The fraction of sp³-hybridized carbons (Fsp3) is 0.533. The van der Waals surface area contributed by atoms with Gasteiger partial charge in [0.05, 0.1) is 0 Å². The quantitative estimate of drug-likeness (QED) is 0.928. The second-order valence-corrected chi connectivity index (χ2v) is 6.84. The van der Waals surface area contributed by atoms with Crippen LogP contribution in [0.5, 0.6) is 0 Å². The van der Waals surface area contributed by atoms with Crippen LogP contribution in [0.1, 0.15) is 50.0 Å². The van der Waals surface area contributed by atoms with Crippen molar-refractivity contribution >= 4 is 17.0 Å². The number of nitrogens with zero attached hydrogens (tertiary/aromatic N) is 1. The van der Waals surface area contributed by atoms with Gasteiger partial charge in [-0.3, -0.25) is 0 Å². The molecular formula is C15H22N2O2S. The number of nitrogens with two attached hydrogens (primary N) is 1. The van der Waals surface area contributed by atoms with E-state index in [2.05, 4.69) is 23.5 Å². The molecule has 2 rings (SSSR count). The standard InChI is InChI=1S/C15H22N2O2S/c1-4-5-6-11-7-9-12(10-8-11)13-15(2,3)19-14(16)17-20(13)18/h7-10,13H,4-6H2,1-3H3,(H2,16,17). The minimum Gasteiger partial charge on any atom is -0.457 e. The number of ether oxygens (including phenoxy) is 1. The van der Waals surface area contributed by atoms with E-state index in [1.165, 1.54) is 18.4 Å². The molecule has 110 valence electrons. The Kier molecular flexibility index (Phi) is 4.48. The number of amidine groups is 1. The maximum absolute atomic E-state index is 12.2. The van der Waals surface area contributed by atoms with Gasteiger partial charge in [0.2, 0.25) is 0 Å². The first-order chi connectivity index (χ1) is 9.44. The Bertz CT molecular complexity index is 523. The van der Waals surface area contributed by atoms with Gasteiger partial charge in [0, 0.05) is 0 Å². The van der Waals surface area contributed by atoms with Crippen LogP contribution in [-0.2, 0) is 22.1 Å². The van der Waals surface area contributed by atoms with Crippen molar-refractivity contribution in [1.29, 1.82) is 0 Å². The molecule has 4 nitrogen and oxygen atoms in total.